The number of aliphatic carboxylic acids is 1. The van der Waals surface area contributed by atoms with Crippen LogP contribution in [0.2, 0.25) is 0 Å². The highest BCUT2D eigenvalue weighted by atomic mass is 16.4. The molecule has 0 atom stereocenters. The predicted molar refractivity (Wildman–Crippen MR) is 37.6 cm³/mol. The van der Waals surface area contributed by atoms with Crippen molar-refractivity contribution in [2.75, 3.05) is 13.1 Å². The van der Waals surface area contributed by atoms with E-state index in [1.54, 1.807) is 13.0 Å². The van der Waals surface area contributed by atoms with Gasteiger partial charge < -0.3 is 10.0 Å². The summed E-state index contributed by atoms with van der Waals surface area (Å²) in [7, 11) is 0. The number of carboxylic acids is 1. The molecule has 56 valence electrons. The normalized spacial score (nSPS) is 18.5. The number of hydrogen-bond donors (Lipinski definition) is 1. The second-order valence-electron chi connectivity index (χ2n) is 2.32. The summed E-state index contributed by atoms with van der Waals surface area (Å²) in [5.41, 5.74) is 0.436. The minimum atomic E-state index is -0.817. The molecule has 0 saturated carbocycles. The molecular weight excluding hydrogens is 130 g/mol. The highest BCUT2D eigenvalue weighted by Crippen LogP contribution is 2.13. The van der Waals surface area contributed by atoms with Gasteiger partial charge in [0.2, 0.25) is 0 Å². The molecule has 1 rings (SSSR count). The second-order valence-corrected chi connectivity index (χ2v) is 2.32. The van der Waals surface area contributed by atoms with E-state index in [1.807, 2.05) is 4.90 Å². The van der Waals surface area contributed by atoms with Crippen LogP contribution in [0.5, 0.6) is 0 Å². The minimum absolute atomic E-state index is 0.436. The first-order chi connectivity index (χ1) is 4.75. The summed E-state index contributed by atoms with van der Waals surface area (Å²) in [4.78, 5) is 12.3. The highest BCUT2D eigenvalue weighted by molar-refractivity contribution is 5.85. The van der Waals surface area contributed by atoms with E-state index in [1.165, 1.54) is 0 Å². The van der Waals surface area contributed by atoms with Gasteiger partial charge in [0.25, 0.3) is 0 Å². The maximum atomic E-state index is 10.5. The van der Waals surface area contributed by atoms with E-state index < -0.39 is 5.97 Å². The monoisotopic (exact) mass is 141 g/mol. The van der Waals surface area contributed by atoms with Crippen LogP contribution in [0.4, 0.5) is 0 Å². The highest BCUT2D eigenvalue weighted by Gasteiger charge is 2.20. The van der Waals surface area contributed by atoms with E-state index in [4.69, 9.17) is 5.11 Å². The van der Waals surface area contributed by atoms with Crippen molar-refractivity contribution in [3.63, 3.8) is 0 Å². The summed E-state index contributed by atoms with van der Waals surface area (Å²) >= 11 is 0. The summed E-state index contributed by atoms with van der Waals surface area (Å²) in [5, 5.41) is 8.60. The molecule has 0 unspecified atom stereocenters. The quantitative estimate of drug-likeness (QED) is 0.575. The van der Waals surface area contributed by atoms with E-state index >= 15 is 0 Å². The van der Waals surface area contributed by atoms with Crippen LogP contribution in [0.15, 0.2) is 11.8 Å². The summed E-state index contributed by atoms with van der Waals surface area (Å²) in [5.74, 6) is -0.817. The SMILES string of the molecule is CC=C(C(=O)O)N1CCC1. The fourth-order valence-corrected chi connectivity index (χ4v) is 0.998. The molecule has 0 bridgehead atoms. The van der Waals surface area contributed by atoms with Gasteiger partial charge in [0.05, 0.1) is 0 Å². The molecule has 1 heterocycles. The molecule has 3 nitrogen and oxygen atoms in total. The van der Waals surface area contributed by atoms with Crippen LogP contribution in [0.3, 0.4) is 0 Å². The Kier molecular flexibility index (Phi) is 1.94. The average Bonchev–Trinajstić information content (AvgIpc) is 1.76. The zero-order chi connectivity index (χ0) is 7.56. The van der Waals surface area contributed by atoms with Gasteiger partial charge in [-0.15, -0.1) is 0 Å². The van der Waals surface area contributed by atoms with Crippen molar-refractivity contribution in [3.8, 4) is 0 Å². The number of carbonyl (C=O) groups is 1. The molecule has 1 aliphatic rings. The number of likely N-dealkylation sites (tertiary alicyclic amines) is 1. The molecule has 0 amide bonds. The third kappa shape index (κ3) is 1.12. The third-order valence-corrected chi connectivity index (χ3v) is 1.69. The number of rotatable bonds is 2. The van der Waals surface area contributed by atoms with Gasteiger partial charge in [0.1, 0.15) is 5.70 Å². The fourth-order valence-electron chi connectivity index (χ4n) is 0.998. The van der Waals surface area contributed by atoms with Crippen molar-refractivity contribution >= 4 is 5.97 Å². The lowest BCUT2D eigenvalue weighted by molar-refractivity contribution is -0.135. The number of nitrogens with zero attached hydrogens (tertiary/aromatic N) is 1. The first-order valence-corrected chi connectivity index (χ1v) is 3.40. The topological polar surface area (TPSA) is 40.5 Å². The van der Waals surface area contributed by atoms with Crippen LogP contribution in [0, 0.1) is 0 Å². The summed E-state index contributed by atoms with van der Waals surface area (Å²) in [6.45, 7) is 3.54. The van der Waals surface area contributed by atoms with Gasteiger partial charge in [0, 0.05) is 13.1 Å². The lowest BCUT2D eigenvalue weighted by Crippen LogP contribution is -2.38. The second kappa shape index (κ2) is 2.73. The summed E-state index contributed by atoms with van der Waals surface area (Å²) < 4.78 is 0. The van der Waals surface area contributed by atoms with Crippen molar-refractivity contribution in [2.24, 2.45) is 0 Å². The Morgan fingerprint density at radius 2 is 2.20 bits per heavy atom. The summed E-state index contributed by atoms with van der Waals surface area (Å²) in [6.07, 6.45) is 2.76. The Balaban J connectivity index is 2.56. The van der Waals surface area contributed by atoms with Crippen molar-refractivity contribution in [3.05, 3.63) is 11.8 Å². The van der Waals surface area contributed by atoms with Crippen molar-refractivity contribution in [2.45, 2.75) is 13.3 Å². The third-order valence-electron chi connectivity index (χ3n) is 1.69. The molecule has 0 aromatic carbocycles. The Morgan fingerprint density at radius 3 is 2.30 bits per heavy atom. The molecule has 1 aliphatic heterocycles. The Morgan fingerprint density at radius 1 is 1.60 bits per heavy atom. The van der Waals surface area contributed by atoms with E-state index in [-0.39, 0.29) is 0 Å². The van der Waals surface area contributed by atoms with Gasteiger partial charge in [-0.1, -0.05) is 6.08 Å². The zero-order valence-electron chi connectivity index (χ0n) is 6.00. The molecule has 0 aliphatic carbocycles. The van der Waals surface area contributed by atoms with E-state index in [0.717, 1.165) is 19.5 Å². The lowest BCUT2D eigenvalue weighted by Gasteiger charge is -2.32. The maximum absolute atomic E-state index is 10.5. The maximum Gasteiger partial charge on any atom is 0.351 e. The van der Waals surface area contributed by atoms with Gasteiger partial charge in [-0.2, -0.15) is 0 Å². The molecule has 0 aromatic rings. The van der Waals surface area contributed by atoms with Crippen LogP contribution in [-0.2, 0) is 4.79 Å². The van der Waals surface area contributed by atoms with Crippen molar-refractivity contribution < 1.29 is 9.90 Å². The smallest absolute Gasteiger partial charge is 0.351 e. The summed E-state index contributed by atoms with van der Waals surface area (Å²) in [6, 6.07) is 0. The van der Waals surface area contributed by atoms with E-state index in [9.17, 15) is 4.79 Å². The first kappa shape index (κ1) is 7.12. The molecule has 1 N–H and O–H groups in total. The van der Waals surface area contributed by atoms with Crippen LogP contribution >= 0.6 is 0 Å². The molecule has 1 saturated heterocycles. The zero-order valence-corrected chi connectivity index (χ0v) is 6.00. The number of allylic oxidation sites excluding steroid dienone is 1. The average molecular weight is 141 g/mol. The van der Waals surface area contributed by atoms with Crippen molar-refractivity contribution in [1.82, 2.24) is 4.90 Å². The van der Waals surface area contributed by atoms with Crippen LogP contribution < -0.4 is 0 Å². The molecule has 3 heteroatoms. The van der Waals surface area contributed by atoms with Crippen LogP contribution in [-0.4, -0.2) is 29.1 Å². The molecular formula is C7H11NO2. The number of carboxylic acid groups (broad SMARTS) is 1. The molecule has 0 spiro atoms. The molecule has 1 fully saturated rings. The van der Waals surface area contributed by atoms with Crippen LogP contribution in [0.1, 0.15) is 13.3 Å². The largest absolute Gasteiger partial charge is 0.477 e. The molecule has 0 radical (unpaired) electrons. The Bertz CT molecular complexity index is 170. The van der Waals surface area contributed by atoms with Crippen molar-refractivity contribution in [1.29, 1.82) is 0 Å². The van der Waals surface area contributed by atoms with Gasteiger partial charge in [-0.05, 0) is 13.3 Å². The van der Waals surface area contributed by atoms with Gasteiger partial charge in [0.15, 0.2) is 0 Å². The van der Waals surface area contributed by atoms with Gasteiger partial charge in [-0.3, -0.25) is 0 Å². The van der Waals surface area contributed by atoms with Gasteiger partial charge in [-0.25, -0.2) is 4.79 Å². The fraction of sp³-hybridized carbons (Fsp3) is 0.571. The minimum Gasteiger partial charge on any atom is -0.477 e. The molecule has 10 heavy (non-hydrogen) atoms. The number of hydrogen-bond acceptors (Lipinski definition) is 2. The van der Waals surface area contributed by atoms with Crippen LogP contribution in [0.25, 0.3) is 0 Å². The lowest BCUT2D eigenvalue weighted by atomic mass is 10.2. The Labute approximate surface area is 59.9 Å². The van der Waals surface area contributed by atoms with E-state index in [2.05, 4.69) is 0 Å². The molecule has 0 aromatic heterocycles. The standard InChI is InChI=1S/C7H11NO2/c1-2-6(7(9)10)8-4-3-5-8/h2H,3-5H2,1H3,(H,9,10). The Hall–Kier alpha value is -0.990. The predicted octanol–water partition coefficient (Wildman–Crippen LogP) is 0.680. The van der Waals surface area contributed by atoms with E-state index in [0.29, 0.717) is 5.70 Å². The first-order valence-electron chi connectivity index (χ1n) is 3.40. The van der Waals surface area contributed by atoms with Gasteiger partial charge >= 0.3 is 5.97 Å².